The Bertz CT molecular complexity index is 721. The van der Waals surface area contributed by atoms with Gasteiger partial charge < -0.3 is 5.73 Å². The lowest BCUT2D eigenvalue weighted by molar-refractivity contribution is 0.568. The van der Waals surface area contributed by atoms with Crippen molar-refractivity contribution in [1.29, 1.82) is 0 Å². The third kappa shape index (κ3) is 3.20. The van der Waals surface area contributed by atoms with Crippen molar-refractivity contribution in [3.05, 3.63) is 45.6 Å². The van der Waals surface area contributed by atoms with Gasteiger partial charge in [-0.15, -0.1) is 11.3 Å². The van der Waals surface area contributed by atoms with Crippen molar-refractivity contribution < 1.29 is 8.42 Å². The predicted molar refractivity (Wildman–Crippen MR) is 83.4 cm³/mol. The Kier molecular flexibility index (Phi) is 4.17. The molecule has 2 rings (SSSR count). The Morgan fingerprint density at radius 3 is 2.45 bits per heavy atom. The van der Waals surface area contributed by atoms with Crippen molar-refractivity contribution in [3.63, 3.8) is 0 Å². The first-order chi connectivity index (χ1) is 9.29. The standard InChI is InChI=1S/C14H18N2O2S2/c1-9-8-12(5-6-13(9)15)20(17,18)16-11(3)14-7-4-10(2)19-14/h4-8,11,16H,15H2,1-3H3. The largest absolute Gasteiger partial charge is 0.399 e. The van der Waals surface area contributed by atoms with Crippen LogP contribution in [0.1, 0.15) is 28.3 Å². The Morgan fingerprint density at radius 1 is 1.20 bits per heavy atom. The smallest absolute Gasteiger partial charge is 0.241 e. The van der Waals surface area contributed by atoms with Crippen LogP contribution in [0.25, 0.3) is 0 Å². The van der Waals surface area contributed by atoms with E-state index < -0.39 is 10.0 Å². The fourth-order valence-electron chi connectivity index (χ4n) is 1.86. The Hall–Kier alpha value is -1.37. The van der Waals surface area contributed by atoms with Crippen LogP contribution < -0.4 is 10.5 Å². The van der Waals surface area contributed by atoms with Crippen molar-refractivity contribution in [1.82, 2.24) is 4.72 Å². The first-order valence-electron chi connectivity index (χ1n) is 6.24. The van der Waals surface area contributed by atoms with Gasteiger partial charge in [-0.25, -0.2) is 13.1 Å². The second kappa shape index (κ2) is 5.55. The van der Waals surface area contributed by atoms with Gasteiger partial charge in [0.05, 0.1) is 10.9 Å². The summed E-state index contributed by atoms with van der Waals surface area (Å²) in [5.74, 6) is 0. The number of rotatable bonds is 4. The van der Waals surface area contributed by atoms with E-state index >= 15 is 0 Å². The zero-order valence-corrected chi connectivity index (χ0v) is 13.3. The summed E-state index contributed by atoms with van der Waals surface area (Å²) in [7, 11) is -3.54. The molecule has 0 amide bonds. The van der Waals surface area contributed by atoms with E-state index in [0.717, 1.165) is 15.3 Å². The van der Waals surface area contributed by atoms with E-state index in [9.17, 15) is 8.42 Å². The van der Waals surface area contributed by atoms with E-state index in [1.54, 1.807) is 30.4 Å². The first kappa shape index (κ1) is 15.0. The Morgan fingerprint density at radius 2 is 1.90 bits per heavy atom. The van der Waals surface area contributed by atoms with Crippen LogP contribution in [-0.2, 0) is 10.0 Å². The zero-order chi connectivity index (χ0) is 14.9. The molecule has 0 saturated heterocycles. The monoisotopic (exact) mass is 310 g/mol. The summed E-state index contributed by atoms with van der Waals surface area (Å²) in [5, 5.41) is 0. The summed E-state index contributed by atoms with van der Waals surface area (Å²) in [6.45, 7) is 5.63. The molecule has 108 valence electrons. The van der Waals surface area contributed by atoms with Crippen LogP contribution in [-0.4, -0.2) is 8.42 Å². The maximum Gasteiger partial charge on any atom is 0.241 e. The number of sulfonamides is 1. The van der Waals surface area contributed by atoms with Gasteiger partial charge in [0.1, 0.15) is 0 Å². The highest BCUT2D eigenvalue weighted by atomic mass is 32.2. The number of benzene rings is 1. The van der Waals surface area contributed by atoms with E-state index in [0.29, 0.717) is 5.69 Å². The molecule has 1 atom stereocenters. The number of nitrogen functional groups attached to an aromatic ring is 1. The summed E-state index contributed by atoms with van der Waals surface area (Å²) >= 11 is 1.59. The molecule has 0 radical (unpaired) electrons. The number of hydrogen-bond acceptors (Lipinski definition) is 4. The zero-order valence-electron chi connectivity index (χ0n) is 11.7. The van der Waals surface area contributed by atoms with Crippen molar-refractivity contribution in [2.45, 2.75) is 31.7 Å². The summed E-state index contributed by atoms with van der Waals surface area (Å²) in [5.41, 5.74) is 7.06. The SMILES string of the molecule is Cc1ccc(C(C)NS(=O)(=O)c2ccc(N)c(C)c2)s1. The average molecular weight is 310 g/mol. The van der Waals surface area contributed by atoms with Gasteiger partial charge in [0, 0.05) is 15.4 Å². The minimum Gasteiger partial charge on any atom is -0.399 e. The first-order valence-corrected chi connectivity index (χ1v) is 8.54. The van der Waals surface area contributed by atoms with Crippen LogP contribution >= 0.6 is 11.3 Å². The minimum atomic E-state index is -3.54. The van der Waals surface area contributed by atoms with Gasteiger partial charge in [0.25, 0.3) is 0 Å². The normalized spacial score (nSPS) is 13.3. The van der Waals surface area contributed by atoms with Crippen LogP contribution in [0.4, 0.5) is 5.69 Å². The van der Waals surface area contributed by atoms with Crippen molar-refractivity contribution in [2.24, 2.45) is 0 Å². The molecule has 1 heterocycles. The van der Waals surface area contributed by atoms with E-state index in [1.165, 1.54) is 6.07 Å². The summed E-state index contributed by atoms with van der Waals surface area (Å²) in [6.07, 6.45) is 0. The maximum atomic E-state index is 12.3. The van der Waals surface area contributed by atoms with E-state index in [2.05, 4.69) is 4.72 Å². The maximum absolute atomic E-state index is 12.3. The number of nitrogens with two attached hydrogens (primary N) is 1. The average Bonchev–Trinajstić information content (AvgIpc) is 2.79. The topological polar surface area (TPSA) is 72.2 Å². The fraction of sp³-hybridized carbons (Fsp3) is 0.286. The van der Waals surface area contributed by atoms with Gasteiger partial charge in [-0.3, -0.25) is 0 Å². The molecule has 0 aliphatic heterocycles. The third-order valence-electron chi connectivity index (χ3n) is 3.07. The lowest BCUT2D eigenvalue weighted by Crippen LogP contribution is -2.26. The molecule has 4 nitrogen and oxygen atoms in total. The molecule has 0 bridgehead atoms. The number of nitrogens with one attached hydrogen (secondary N) is 1. The van der Waals surface area contributed by atoms with Crippen LogP contribution in [0.2, 0.25) is 0 Å². The molecule has 20 heavy (non-hydrogen) atoms. The highest BCUT2D eigenvalue weighted by molar-refractivity contribution is 7.89. The van der Waals surface area contributed by atoms with Gasteiger partial charge in [0.15, 0.2) is 0 Å². The van der Waals surface area contributed by atoms with Gasteiger partial charge in [-0.1, -0.05) is 0 Å². The lowest BCUT2D eigenvalue weighted by atomic mass is 10.2. The molecule has 0 aliphatic rings. The Balaban J connectivity index is 2.24. The van der Waals surface area contributed by atoms with Gasteiger partial charge >= 0.3 is 0 Å². The number of hydrogen-bond donors (Lipinski definition) is 2. The molecule has 0 saturated carbocycles. The predicted octanol–water partition coefficient (Wildman–Crippen LogP) is 2.99. The molecule has 3 N–H and O–H groups in total. The molecular weight excluding hydrogens is 292 g/mol. The quantitative estimate of drug-likeness (QED) is 0.853. The van der Waals surface area contributed by atoms with Crippen molar-refractivity contribution >= 4 is 27.0 Å². The number of anilines is 1. The van der Waals surface area contributed by atoms with E-state index in [4.69, 9.17) is 5.73 Å². The lowest BCUT2D eigenvalue weighted by Gasteiger charge is -2.13. The van der Waals surface area contributed by atoms with Gasteiger partial charge in [-0.2, -0.15) is 0 Å². The van der Waals surface area contributed by atoms with Crippen LogP contribution in [0.15, 0.2) is 35.2 Å². The Labute approximate surface area is 123 Å². The molecule has 0 spiro atoms. The van der Waals surface area contributed by atoms with E-state index in [1.807, 2.05) is 26.0 Å². The molecule has 6 heteroatoms. The van der Waals surface area contributed by atoms with Crippen molar-refractivity contribution in [2.75, 3.05) is 5.73 Å². The van der Waals surface area contributed by atoms with Crippen LogP contribution in [0.5, 0.6) is 0 Å². The fourth-order valence-corrected chi connectivity index (χ4v) is 4.12. The number of thiophene rings is 1. The molecule has 1 aromatic heterocycles. The number of aryl methyl sites for hydroxylation is 2. The molecule has 0 aliphatic carbocycles. The van der Waals surface area contributed by atoms with E-state index in [-0.39, 0.29) is 10.9 Å². The summed E-state index contributed by atoms with van der Waals surface area (Å²) < 4.78 is 27.4. The molecule has 1 aromatic carbocycles. The molecule has 2 aromatic rings. The third-order valence-corrected chi connectivity index (χ3v) is 5.79. The van der Waals surface area contributed by atoms with Crippen molar-refractivity contribution in [3.8, 4) is 0 Å². The molecular formula is C14H18N2O2S2. The van der Waals surface area contributed by atoms with Gasteiger partial charge in [-0.05, 0) is 56.7 Å². The second-order valence-corrected chi connectivity index (χ2v) is 7.84. The van der Waals surface area contributed by atoms with Crippen LogP contribution in [0, 0.1) is 13.8 Å². The highest BCUT2D eigenvalue weighted by Crippen LogP contribution is 2.24. The second-order valence-electron chi connectivity index (χ2n) is 4.81. The minimum absolute atomic E-state index is 0.240. The molecule has 0 fully saturated rings. The highest BCUT2D eigenvalue weighted by Gasteiger charge is 2.19. The molecule has 1 unspecified atom stereocenters. The summed E-state index contributed by atoms with van der Waals surface area (Å²) in [6, 6.07) is 8.40. The summed E-state index contributed by atoms with van der Waals surface area (Å²) in [4.78, 5) is 2.40. The van der Waals surface area contributed by atoms with Crippen LogP contribution in [0.3, 0.4) is 0 Å². The van der Waals surface area contributed by atoms with Gasteiger partial charge in [0.2, 0.25) is 10.0 Å².